The van der Waals surface area contributed by atoms with Gasteiger partial charge in [0.05, 0.1) is 6.54 Å². The predicted octanol–water partition coefficient (Wildman–Crippen LogP) is 1.49. The zero-order chi connectivity index (χ0) is 16.4. The zero-order valence-electron chi connectivity index (χ0n) is 12.3. The number of amides is 1. The van der Waals surface area contributed by atoms with E-state index in [4.69, 9.17) is 5.11 Å². The molecule has 122 valence electrons. The van der Waals surface area contributed by atoms with Crippen LogP contribution in [0.5, 0.6) is 0 Å². The van der Waals surface area contributed by atoms with E-state index in [-0.39, 0.29) is 11.8 Å². The van der Waals surface area contributed by atoms with E-state index in [2.05, 4.69) is 0 Å². The van der Waals surface area contributed by atoms with Crippen molar-refractivity contribution >= 4 is 11.9 Å². The second kappa shape index (κ2) is 6.21. The molecule has 1 saturated heterocycles. The number of carboxylic acids is 1. The van der Waals surface area contributed by atoms with E-state index in [9.17, 15) is 22.8 Å². The van der Waals surface area contributed by atoms with Crippen molar-refractivity contribution in [2.24, 2.45) is 11.8 Å². The van der Waals surface area contributed by atoms with E-state index in [1.165, 1.54) is 4.90 Å². The molecule has 0 saturated carbocycles. The Morgan fingerprint density at radius 3 is 2.10 bits per heavy atom. The van der Waals surface area contributed by atoms with E-state index in [1.54, 1.807) is 0 Å². The highest BCUT2D eigenvalue weighted by molar-refractivity contribution is 5.82. The first-order valence-corrected chi connectivity index (χ1v) is 6.80. The molecule has 1 fully saturated rings. The Balaban J connectivity index is 2.68. The fourth-order valence-corrected chi connectivity index (χ4v) is 2.53. The summed E-state index contributed by atoms with van der Waals surface area (Å²) in [6.45, 7) is 4.79. The molecule has 1 amide bonds. The van der Waals surface area contributed by atoms with Gasteiger partial charge in [0.15, 0.2) is 0 Å². The Morgan fingerprint density at radius 2 is 1.71 bits per heavy atom. The molecular weight excluding hydrogens is 289 g/mol. The molecule has 21 heavy (non-hydrogen) atoms. The van der Waals surface area contributed by atoms with Gasteiger partial charge in [-0.2, -0.15) is 13.2 Å². The molecule has 2 N–H and O–H groups in total. The predicted molar refractivity (Wildman–Crippen MR) is 69.6 cm³/mol. The second-order valence-corrected chi connectivity index (χ2v) is 6.03. The number of rotatable bonds is 4. The number of aliphatic carboxylic acids is 1. The Labute approximate surface area is 121 Å². The first-order valence-electron chi connectivity index (χ1n) is 6.80. The highest BCUT2D eigenvalue weighted by atomic mass is 19.4. The third kappa shape index (κ3) is 4.09. The fraction of sp³-hybridized carbons (Fsp3) is 0.846. The van der Waals surface area contributed by atoms with E-state index in [1.807, 2.05) is 19.2 Å². The third-order valence-electron chi connectivity index (χ3n) is 3.81. The Kier molecular flexibility index (Phi) is 5.25. The van der Waals surface area contributed by atoms with Crippen LogP contribution in [0.4, 0.5) is 13.2 Å². The minimum atomic E-state index is -4.98. The summed E-state index contributed by atoms with van der Waals surface area (Å²) in [5, 5.41) is 10.6. The van der Waals surface area contributed by atoms with Crippen LogP contribution in [0, 0.1) is 11.8 Å². The van der Waals surface area contributed by atoms with Crippen molar-refractivity contribution in [2.45, 2.75) is 38.9 Å². The average Bonchev–Trinajstić information content (AvgIpc) is 2.32. The molecular formula is C13H21F3N2O3. The van der Waals surface area contributed by atoms with Crippen LogP contribution in [0.3, 0.4) is 0 Å². The number of carboxylic acid groups (broad SMARTS) is 1. The van der Waals surface area contributed by atoms with Gasteiger partial charge in [0.1, 0.15) is 0 Å². The first-order chi connectivity index (χ1) is 9.47. The molecule has 0 aromatic rings. The van der Waals surface area contributed by atoms with Gasteiger partial charge in [-0.25, -0.2) is 4.79 Å². The number of carbonyl (C=O) groups excluding carboxylic acids is 1. The number of hydrogen-bond donors (Lipinski definition) is 2. The van der Waals surface area contributed by atoms with Gasteiger partial charge in [0, 0.05) is 13.1 Å². The Hall–Kier alpha value is -1.31. The Morgan fingerprint density at radius 1 is 1.24 bits per heavy atom. The molecule has 1 rings (SSSR count). The molecule has 0 bridgehead atoms. The maximum atomic E-state index is 12.8. The number of carbonyl (C=O) groups is 2. The summed E-state index contributed by atoms with van der Waals surface area (Å²) in [5.41, 5.74) is -3.13. The van der Waals surface area contributed by atoms with E-state index < -0.39 is 30.1 Å². The summed E-state index contributed by atoms with van der Waals surface area (Å²) >= 11 is 0. The standard InChI is InChI=1S/C13H21F3N2O3/c1-8-4-9(2)7-18(6-8)10(19)5-17-12(3,11(20)21)13(14,15)16/h8-9,17H,4-7H2,1-3H3,(H,20,21). The topological polar surface area (TPSA) is 69.6 Å². The lowest BCUT2D eigenvalue weighted by molar-refractivity contribution is -0.205. The molecule has 1 aliphatic rings. The summed E-state index contributed by atoms with van der Waals surface area (Å²) in [5.74, 6) is -1.99. The van der Waals surface area contributed by atoms with E-state index >= 15 is 0 Å². The lowest BCUT2D eigenvalue weighted by atomic mass is 9.92. The molecule has 3 unspecified atom stereocenters. The molecule has 8 heteroatoms. The zero-order valence-corrected chi connectivity index (χ0v) is 12.3. The van der Waals surface area contributed by atoms with Crippen LogP contribution in [0.15, 0.2) is 0 Å². The average molecular weight is 310 g/mol. The number of nitrogens with one attached hydrogen (secondary N) is 1. The SMILES string of the molecule is CC1CC(C)CN(C(=O)CNC(C)(C(=O)O)C(F)(F)F)C1. The summed E-state index contributed by atoms with van der Waals surface area (Å²) in [6.07, 6.45) is -4.02. The third-order valence-corrected chi connectivity index (χ3v) is 3.81. The molecule has 0 radical (unpaired) electrons. The van der Waals surface area contributed by atoms with E-state index in [0.717, 1.165) is 6.42 Å². The van der Waals surface area contributed by atoms with Gasteiger partial charge in [-0.05, 0) is 25.2 Å². The minimum absolute atomic E-state index is 0.283. The van der Waals surface area contributed by atoms with Crippen molar-refractivity contribution in [3.8, 4) is 0 Å². The number of hydrogen-bond acceptors (Lipinski definition) is 3. The summed E-state index contributed by atoms with van der Waals surface area (Å²) in [6, 6.07) is 0. The number of halogens is 3. The summed E-state index contributed by atoms with van der Waals surface area (Å²) < 4.78 is 38.4. The van der Waals surface area contributed by atoms with Crippen LogP contribution in [0.2, 0.25) is 0 Å². The molecule has 0 aromatic heterocycles. The minimum Gasteiger partial charge on any atom is -0.480 e. The van der Waals surface area contributed by atoms with Gasteiger partial charge in [-0.15, -0.1) is 0 Å². The normalized spacial score (nSPS) is 26.3. The van der Waals surface area contributed by atoms with Crippen LogP contribution < -0.4 is 5.32 Å². The van der Waals surface area contributed by atoms with Gasteiger partial charge in [0.2, 0.25) is 11.4 Å². The smallest absolute Gasteiger partial charge is 0.417 e. The first kappa shape index (κ1) is 17.7. The quantitative estimate of drug-likeness (QED) is 0.825. The second-order valence-electron chi connectivity index (χ2n) is 6.03. The van der Waals surface area contributed by atoms with Gasteiger partial charge < -0.3 is 10.0 Å². The van der Waals surface area contributed by atoms with Crippen LogP contribution in [0.1, 0.15) is 27.2 Å². The maximum Gasteiger partial charge on any atom is 0.417 e. The molecule has 5 nitrogen and oxygen atoms in total. The highest BCUT2D eigenvalue weighted by Crippen LogP contribution is 2.30. The lowest BCUT2D eigenvalue weighted by Gasteiger charge is -2.36. The van der Waals surface area contributed by atoms with Crippen LogP contribution in [-0.2, 0) is 9.59 Å². The maximum absolute atomic E-state index is 12.8. The number of likely N-dealkylation sites (tertiary alicyclic amines) is 1. The van der Waals surface area contributed by atoms with Crippen LogP contribution >= 0.6 is 0 Å². The van der Waals surface area contributed by atoms with E-state index in [0.29, 0.717) is 20.0 Å². The van der Waals surface area contributed by atoms with Gasteiger partial charge in [0.25, 0.3) is 0 Å². The van der Waals surface area contributed by atoms with Crippen molar-refractivity contribution in [3.05, 3.63) is 0 Å². The largest absolute Gasteiger partial charge is 0.480 e. The fourth-order valence-electron chi connectivity index (χ4n) is 2.53. The van der Waals surface area contributed by atoms with Gasteiger partial charge in [-0.1, -0.05) is 13.8 Å². The lowest BCUT2D eigenvalue weighted by Crippen LogP contribution is -2.62. The number of piperidine rings is 1. The molecule has 0 spiro atoms. The summed E-state index contributed by atoms with van der Waals surface area (Å²) in [4.78, 5) is 24.3. The molecule has 1 aliphatic heterocycles. The van der Waals surface area contributed by atoms with Crippen molar-refractivity contribution < 1.29 is 27.9 Å². The van der Waals surface area contributed by atoms with Crippen LogP contribution in [0.25, 0.3) is 0 Å². The molecule has 0 aliphatic carbocycles. The van der Waals surface area contributed by atoms with Gasteiger partial charge >= 0.3 is 12.1 Å². The van der Waals surface area contributed by atoms with Crippen molar-refractivity contribution in [1.29, 1.82) is 0 Å². The Bertz CT molecular complexity index is 404. The van der Waals surface area contributed by atoms with Crippen LogP contribution in [-0.4, -0.2) is 53.2 Å². The van der Waals surface area contributed by atoms with Crippen molar-refractivity contribution in [3.63, 3.8) is 0 Å². The number of nitrogens with zero attached hydrogens (tertiary/aromatic N) is 1. The van der Waals surface area contributed by atoms with Gasteiger partial charge in [-0.3, -0.25) is 10.1 Å². The number of alkyl halides is 3. The molecule has 0 aromatic carbocycles. The monoisotopic (exact) mass is 310 g/mol. The molecule has 1 heterocycles. The highest BCUT2D eigenvalue weighted by Gasteiger charge is 2.57. The molecule has 3 atom stereocenters. The van der Waals surface area contributed by atoms with Crippen molar-refractivity contribution in [1.82, 2.24) is 10.2 Å². The summed E-state index contributed by atoms with van der Waals surface area (Å²) in [7, 11) is 0. The van der Waals surface area contributed by atoms with Crippen molar-refractivity contribution in [2.75, 3.05) is 19.6 Å².